The zero-order chi connectivity index (χ0) is 23.2. The highest BCUT2D eigenvalue weighted by Crippen LogP contribution is 2.29. The number of rotatable bonds is 8. The lowest BCUT2D eigenvalue weighted by atomic mass is 10.3. The van der Waals surface area contributed by atoms with E-state index < -0.39 is 11.9 Å². The number of carbonyl (C=O) groups is 1. The molecule has 3 aromatic carbocycles. The molecule has 0 radical (unpaired) electrons. The molecule has 0 fully saturated rings. The van der Waals surface area contributed by atoms with Crippen molar-refractivity contribution in [2.45, 2.75) is 18.2 Å². The van der Waals surface area contributed by atoms with Gasteiger partial charge < -0.3 is 10.1 Å². The van der Waals surface area contributed by atoms with E-state index in [2.05, 4.69) is 31.4 Å². The molecule has 0 aliphatic rings. The van der Waals surface area contributed by atoms with Crippen molar-refractivity contribution >= 4 is 39.3 Å². The van der Waals surface area contributed by atoms with Crippen LogP contribution in [0.3, 0.4) is 0 Å². The third-order valence-corrected chi connectivity index (χ3v) is 6.28. The molecule has 0 saturated carbocycles. The summed E-state index contributed by atoms with van der Waals surface area (Å²) in [6.07, 6.45) is -0.585. The summed E-state index contributed by atoms with van der Waals surface area (Å²) in [5, 5.41) is 12.0. The first-order valence-corrected chi connectivity index (χ1v) is 11.9. The van der Waals surface area contributed by atoms with Crippen molar-refractivity contribution in [1.29, 1.82) is 0 Å². The number of benzene rings is 3. The molecule has 1 unspecified atom stereocenters. The summed E-state index contributed by atoms with van der Waals surface area (Å²) in [5.74, 6) is 0.141. The van der Waals surface area contributed by atoms with E-state index in [4.69, 9.17) is 4.74 Å². The van der Waals surface area contributed by atoms with Gasteiger partial charge in [-0.2, -0.15) is 0 Å². The van der Waals surface area contributed by atoms with Crippen molar-refractivity contribution in [3.8, 4) is 11.4 Å². The molecule has 9 heteroatoms. The largest absolute Gasteiger partial charge is 0.480 e. The van der Waals surface area contributed by atoms with Gasteiger partial charge in [-0.3, -0.25) is 9.36 Å². The molecule has 6 nitrogen and oxygen atoms in total. The Hall–Kier alpha value is -3.17. The summed E-state index contributed by atoms with van der Waals surface area (Å²) in [6.45, 7) is 1.78. The van der Waals surface area contributed by atoms with Crippen LogP contribution in [0.15, 0.2) is 88.5 Å². The van der Waals surface area contributed by atoms with Crippen molar-refractivity contribution < 1.29 is 13.9 Å². The minimum absolute atomic E-state index is 0.134. The van der Waals surface area contributed by atoms with Gasteiger partial charge in [0.25, 0.3) is 0 Å². The molecule has 4 aromatic rings. The quantitative estimate of drug-likeness (QED) is 0.283. The Morgan fingerprint density at radius 3 is 2.52 bits per heavy atom. The standard InChI is InChI=1S/C24H20BrFN4O2S/c1-16(32-21-14-8-6-12-19(21)26)23-28-29-24(30(23)17-9-3-2-4-10-17)33-15-22(31)27-20-13-7-5-11-18(20)25/h2-14,16H,15H2,1H3,(H,27,31). The number of aromatic nitrogens is 3. The highest BCUT2D eigenvalue weighted by Gasteiger charge is 2.22. The van der Waals surface area contributed by atoms with Crippen LogP contribution in [-0.4, -0.2) is 26.4 Å². The van der Waals surface area contributed by atoms with Crippen LogP contribution in [0, 0.1) is 5.82 Å². The first-order chi connectivity index (χ1) is 16.0. The second kappa shape index (κ2) is 10.6. The van der Waals surface area contributed by atoms with E-state index in [1.807, 2.05) is 59.2 Å². The molecule has 1 N–H and O–H groups in total. The van der Waals surface area contributed by atoms with Gasteiger partial charge in [0, 0.05) is 10.2 Å². The van der Waals surface area contributed by atoms with Crippen molar-refractivity contribution in [2.24, 2.45) is 0 Å². The van der Waals surface area contributed by atoms with Crippen LogP contribution in [0.25, 0.3) is 5.69 Å². The predicted octanol–water partition coefficient (Wildman–Crippen LogP) is 6.04. The molecule has 0 bridgehead atoms. The first kappa shape index (κ1) is 23.0. The summed E-state index contributed by atoms with van der Waals surface area (Å²) in [7, 11) is 0. The van der Waals surface area contributed by atoms with Crippen LogP contribution in [0.5, 0.6) is 5.75 Å². The van der Waals surface area contributed by atoms with Crippen molar-refractivity contribution in [3.63, 3.8) is 0 Å². The molecule has 0 spiro atoms. The van der Waals surface area contributed by atoms with E-state index in [0.717, 1.165) is 10.2 Å². The number of nitrogens with one attached hydrogen (secondary N) is 1. The number of carbonyl (C=O) groups excluding carboxylic acids is 1. The average Bonchev–Trinajstić information content (AvgIpc) is 3.25. The molecule has 0 aliphatic heterocycles. The summed E-state index contributed by atoms with van der Waals surface area (Å²) < 4.78 is 22.5. The maximum absolute atomic E-state index is 14.1. The monoisotopic (exact) mass is 526 g/mol. The van der Waals surface area contributed by atoms with Crippen LogP contribution in [-0.2, 0) is 4.79 Å². The highest BCUT2D eigenvalue weighted by molar-refractivity contribution is 9.10. The van der Waals surface area contributed by atoms with Crippen LogP contribution < -0.4 is 10.1 Å². The number of anilines is 1. The van der Waals surface area contributed by atoms with E-state index >= 15 is 0 Å². The van der Waals surface area contributed by atoms with E-state index in [1.54, 1.807) is 25.1 Å². The van der Waals surface area contributed by atoms with Gasteiger partial charge in [-0.1, -0.05) is 54.2 Å². The third-order valence-electron chi connectivity index (χ3n) is 4.66. The van der Waals surface area contributed by atoms with Crippen molar-refractivity contribution in [3.05, 3.63) is 95.0 Å². The van der Waals surface area contributed by atoms with Crippen LogP contribution in [0.1, 0.15) is 18.9 Å². The maximum Gasteiger partial charge on any atom is 0.234 e. The van der Waals surface area contributed by atoms with Gasteiger partial charge in [-0.25, -0.2) is 4.39 Å². The number of para-hydroxylation sites is 3. The minimum atomic E-state index is -0.585. The molecule has 4 rings (SSSR count). The Bertz CT molecular complexity index is 1250. The predicted molar refractivity (Wildman–Crippen MR) is 130 cm³/mol. The van der Waals surface area contributed by atoms with Gasteiger partial charge >= 0.3 is 0 Å². The summed E-state index contributed by atoms with van der Waals surface area (Å²) in [4.78, 5) is 12.5. The summed E-state index contributed by atoms with van der Waals surface area (Å²) in [6, 6.07) is 23.2. The Kier molecular flexibility index (Phi) is 7.41. The maximum atomic E-state index is 14.1. The van der Waals surface area contributed by atoms with Gasteiger partial charge in [0.1, 0.15) is 0 Å². The summed E-state index contributed by atoms with van der Waals surface area (Å²) >= 11 is 4.68. The number of halogens is 2. The average molecular weight is 527 g/mol. The molecular formula is C24H20BrFN4O2S. The van der Waals surface area contributed by atoms with Gasteiger partial charge in [-0.15, -0.1) is 10.2 Å². The van der Waals surface area contributed by atoms with Crippen LogP contribution in [0.2, 0.25) is 0 Å². The molecule has 1 amide bonds. The molecule has 33 heavy (non-hydrogen) atoms. The van der Waals surface area contributed by atoms with E-state index in [-0.39, 0.29) is 17.4 Å². The first-order valence-electron chi connectivity index (χ1n) is 10.1. The molecular weight excluding hydrogens is 507 g/mol. The fourth-order valence-electron chi connectivity index (χ4n) is 3.12. The Balaban J connectivity index is 1.56. The minimum Gasteiger partial charge on any atom is -0.480 e. The van der Waals surface area contributed by atoms with E-state index in [9.17, 15) is 9.18 Å². The van der Waals surface area contributed by atoms with E-state index in [0.29, 0.717) is 16.7 Å². The van der Waals surface area contributed by atoms with Crippen molar-refractivity contribution in [1.82, 2.24) is 14.8 Å². The third kappa shape index (κ3) is 5.61. The topological polar surface area (TPSA) is 69.0 Å². The normalized spacial score (nSPS) is 11.7. The number of hydrogen-bond acceptors (Lipinski definition) is 5. The lowest BCUT2D eigenvalue weighted by molar-refractivity contribution is -0.113. The molecule has 1 aromatic heterocycles. The second-order valence-corrected chi connectivity index (χ2v) is 8.82. The lowest BCUT2D eigenvalue weighted by Crippen LogP contribution is -2.15. The Labute approximate surface area is 203 Å². The van der Waals surface area contributed by atoms with Crippen LogP contribution in [0.4, 0.5) is 10.1 Å². The van der Waals surface area contributed by atoms with Gasteiger partial charge in [0.15, 0.2) is 28.7 Å². The SMILES string of the molecule is CC(Oc1ccccc1F)c1nnc(SCC(=O)Nc2ccccc2Br)n1-c1ccccc1. The van der Waals surface area contributed by atoms with Gasteiger partial charge in [0.05, 0.1) is 11.4 Å². The Morgan fingerprint density at radius 1 is 1.06 bits per heavy atom. The van der Waals surface area contributed by atoms with Gasteiger partial charge in [-0.05, 0) is 59.3 Å². The number of amides is 1. The molecule has 168 valence electrons. The smallest absolute Gasteiger partial charge is 0.234 e. The van der Waals surface area contributed by atoms with Crippen LogP contribution >= 0.6 is 27.7 Å². The van der Waals surface area contributed by atoms with Gasteiger partial charge in [0.2, 0.25) is 5.91 Å². The second-order valence-electron chi connectivity index (χ2n) is 7.02. The highest BCUT2D eigenvalue weighted by atomic mass is 79.9. The zero-order valence-corrected chi connectivity index (χ0v) is 20.0. The molecule has 0 aliphatic carbocycles. The zero-order valence-electron chi connectivity index (χ0n) is 17.6. The fourth-order valence-corrected chi connectivity index (χ4v) is 4.26. The number of ether oxygens (including phenoxy) is 1. The molecule has 0 saturated heterocycles. The number of nitrogens with zero attached hydrogens (tertiary/aromatic N) is 3. The number of thioether (sulfide) groups is 1. The number of hydrogen-bond donors (Lipinski definition) is 1. The lowest BCUT2D eigenvalue weighted by Gasteiger charge is -2.17. The molecule has 1 atom stereocenters. The fraction of sp³-hybridized carbons (Fsp3) is 0.125. The van der Waals surface area contributed by atoms with E-state index in [1.165, 1.54) is 17.8 Å². The summed E-state index contributed by atoms with van der Waals surface area (Å²) in [5.41, 5.74) is 1.51. The molecule has 1 heterocycles. The van der Waals surface area contributed by atoms with Crippen molar-refractivity contribution in [2.75, 3.05) is 11.1 Å². The Morgan fingerprint density at radius 2 is 1.76 bits per heavy atom.